The summed E-state index contributed by atoms with van der Waals surface area (Å²) in [6.07, 6.45) is 2.90. The highest BCUT2D eigenvalue weighted by atomic mass is 35.5. The number of ether oxygens (including phenoxy) is 1. The van der Waals surface area contributed by atoms with Crippen LogP contribution >= 0.6 is 11.6 Å². The summed E-state index contributed by atoms with van der Waals surface area (Å²) >= 11 is 5.85. The van der Waals surface area contributed by atoms with Crippen LogP contribution in [-0.4, -0.2) is 23.5 Å². The molecule has 0 saturated heterocycles. The van der Waals surface area contributed by atoms with Crippen molar-refractivity contribution in [2.24, 2.45) is 4.99 Å². The normalized spacial score (nSPS) is 11.1. The molecule has 0 saturated carbocycles. The number of hydrogen-bond donors (Lipinski definition) is 1. The molecule has 0 aliphatic rings. The van der Waals surface area contributed by atoms with Crippen LogP contribution in [0.2, 0.25) is 5.02 Å². The van der Waals surface area contributed by atoms with Crippen LogP contribution in [0.15, 0.2) is 78.6 Å². The molecule has 1 amide bonds. The minimum absolute atomic E-state index is 0.128. The fourth-order valence-electron chi connectivity index (χ4n) is 2.24. The highest BCUT2D eigenvalue weighted by Crippen LogP contribution is 2.21. The maximum Gasteiger partial charge on any atom is 0.269 e. The number of carbonyl (C=O) groups is 2. The van der Waals surface area contributed by atoms with E-state index < -0.39 is 11.5 Å². The first-order valence-corrected chi connectivity index (χ1v) is 8.85. The maximum atomic E-state index is 12.5. The second-order valence-corrected chi connectivity index (χ2v) is 6.82. The smallest absolute Gasteiger partial charge is 0.269 e. The summed E-state index contributed by atoms with van der Waals surface area (Å²) in [5.41, 5.74) is -0.130. The number of rotatable bonds is 8. The van der Waals surface area contributed by atoms with Crippen molar-refractivity contribution in [1.29, 1.82) is 0 Å². The van der Waals surface area contributed by atoms with Gasteiger partial charge in [-0.15, -0.1) is 0 Å². The molecule has 0 radical (unpaired) electrons. The Bertz CT molecular complexity index is 914. The first-order valence-electron chi connectivity index (χ1n) is 8.48. The molecule has 0 aromatic heterocycles. The molecule has 0 spiro atoms. The number of nitrogens with one attached hydrogen (secondary N) is 1. The van der Waals surface area contributed by atoms with Crippen LogP contribution in [0.1, 0.15) is 29.8 Å². The van der Waals surface area contributed by atoms with Crippen molar-refractivity contribution in [3.63, 3.8) is 0 Å². The van der Waals surface area contributed by atoms with Gasteiger partial charge in [0.1, 0.15) is 11.6 Å². The van der Waals surface area contributed by atoms with E-state index in [1.165, 1.54) is 12.3 Å². The molecular weight excluding hydrogens is 376 g/mol. The van der Waals surface area contributed by atoms with Gasteiger partial charge in [-0.05, 0) is 62.4 Å². The first-order chi connectivity index (χ1) is 13.2. The number of amides is 1. The molecule has 5 nitrogen and oxygen atoms in total. The van der Waals surface area contributed by atoms with Crippen molar-refractivity contribution in [2.75, 3.05) is 0 Å². The number of allylic oxidation sites excluding steroid dienone is 1. The molecule has 0 unspecified atom stereocenters. The van der Waals surface area contributed by atoms with Gasteiger partial charge in [-0.25, -0.2) is 4.99 Å². The molecule has 144 valence electrons. The summed E-state index contributed by atoms with van der Waals surface area (Å²) in [4.78, 5) is 28.8. The maximum absolute atomic E-state index is 12.5. The molecule has 2 aromatic rings. The van der Waals surface area contributed by atoms with E-state index in [2.05, 4.69) is 23.5 Å². The summed E-state index contributed by atoms with van der Waals surface area (Å²) < 4.78 is 5.77. The molecule has 0 atom stereocenters. The van der Waals surface area contributed by atoms with Gasteiger partial charge in [-0.1, -0.05) is 30.8 Å². The Morgan fingerprint density at radius 1 is 1.07 bits per heavy atom. The third-order valence-corrected chi connectivity index (χ3v) is 3.99. The Balaban J connectivity index is 2.06. The summed E-state index contributed by atoms with van der Waals surface area (Å²) in [5.74, 6) is 0.107. The van der Waals surface area contributed by atoms with Crippen LogP contribution in [0, 0.1) is 0 Å². The molecule has 0 aliphatic heterocycles. The Morgan fingerprint density at radius 3 is 2.14 bits per heavy atom. The van der Waals surface area contributed by atoms with Crippen molar-refractivity contribution in [2.45, 2.75) is 19.4 Å². The van der Waals surface area contributed by atoms with Crippen LogP contribution in [0.25, 0.3) is 0 Å². The Morgan fingerprint density at radius 2 is 1.61 bits per heavy atom. The van der Waals surface area contributed by atoms with E-state index in [9.17, 15) is 9.59 Å². The fraction of sp³-hybridized carbons (Fsp3) is 0.136. The van der Waals surface area contributed by atoms with Crippen LogP contribution in [0.3, 0.4) is 0 Å². The van der Waals surface area contributed by atoms with Crippen molar-refractivity contribution >= 4 is 29.5 Å². The van der Waals surface area contributed by atoms with Crippen LogP contribution < -0.4 is 10.1 Å². The number of benzene rings is 2. The lowest BCUT2D eigenvalue weighted by Gasteiger charge is -2.25. The summed E-state index contributed by atoms with van der Waals surface area (Å²) in [7, 11) is 0. The van der Waals surface area contributed by atoms with Gasteiger partial charge in [-0.2, -0.15) is 0 Å². The third kappa shape index (κ3) is 5.66. The number of ketones is 1. The molecule has 28 heavy (non-hydrogen) atoms. The minimum atomic E-state index is -1.17. The van der Waals surface area contributed by atoms with Gasteiger partial charge in [-0.3, -0.25) is 9.59 Å². The van der Waals surface area contributed by atoms with Gasteiger partial charge in [0, 0.05) is 22.4 Å². The van der Waals surface area contributed by atoms with E-state index in [-0.39, 0.29) is 11.6 Å². The summed E-state index contributed by atoms with van der Waals surface area (Å²) in [5, 5.41) is 3.13. The first kappa shape index (κ1) is 21.1. The van der Waals surface area contributed by atoms with E-state index in [1.807, 2.05) is 0 Å². The zero-order chi connectivity index (χ0) is 20.7. The number of aliphatic imine (C=N–C) groups is 1. The van der Waals surface area contributed by atoms with Gasteiger partial charge in [0.15, 0.2) is 11.4 Å². The minimum Gasteiger partial charge on any atom is -0.478 e. The molecule has 0 bridgehead atoms. The van der Waals surface area contributed by atoms with Crippen molar-refractivity contribution in [3.05, 3.63) is 89.7 Å². The average Bonchev–Trinajstić information content (AvgIpc) is 2.66. The average molecular weight is 397 g/mol. The highest BCUT2D eigenvalue weighted by molar-refractivity contribution is 6.30. The topological polar surface area (TPSA) is 67.8 Å². The standard InChI is InChI=1S/C22H21ClN2O3/c1-5-14-24-15(2)25-21(27)22(3,4)28-19-12-8-17(9-13-19)20(26)16-6-10-18(23)11-7-16/h5-14H,1-2H2,3-4H3,(H,25,27)/b24-14-. The monoisotopic (exact) mass is 396 g/mol. The predicted molar refractivity (Wildman–Crippen MR) is 112 cm³/mol. The van der Waals surface area contributed by atoms with Crippen molar-refractivity contribution in [1.82, 2.24) is 5.32 Å². The Labute approximate surface area is 169 Å². The molecular formula is C22H21ClN2O3. The third-order valence-electron chi connectivity index (χ3n) is 3.74. The largest absolute Gasteiger partial charge is 0.478 e. The Kier molecular flexibility index (Phi) is 6.90. The van der Waals surface area contributed by atoms with Gasteiger partial charge in [0.05, 0.1) is 0 Å². The van der Waals surface area contributed by atoms with E-state index in [0.29, 0.717) is 21.9 Å². The van der Waals surface area contributed by atoms with Crippen LogP contribution in [-0.2, 0) is 4.79 Å². The lowest BCUT2D eigenvalue weighted by atomic mass is 10.0. The highest BCUT2D eigenvalue weighted by Gasteiger charge is 2.30. The summed E-state index contributed by atoms with van der Waals surface area (Å²) in [6.45, 7) is 10.4. The summed E-state index contributed by atoms with van der Waals surface area (Å²) in [6, 6.07) is 13.3. The molecule has 2 aromatic carbocycles. The van der Waals surface area contributed by atoms with Crippen molar-refractivity contribution in [3.8, 4) is 5.75 Å². The van der Waals surface area contributed by atoms with Gasteiger partial charge in [0.2, 0.25) is 0 Å². The van der Waals surface area contributed by atoms with Gasteiger partial charge >= 0.3 is 0 Å². The van der Waals surface area contributed by atoms with Crippen molar-refractivity contribution < 1.29 is 14.3 Å². The molecule has 0 fully saturated rings. The molecule has 0 aliphatic carbocycles. The lowest BCUT2D eigenvalue weighted by Crippen LogP contribution is -2.45. The second-order valence-electron chi connectivity index (χ2n) is 6.39. The van der Waals surface area contributed by atoms with Crippen LogP contribution in [0.5, 0.6) is 5.75 Å². The predicted octanol–water partition coefficient (Wildman–Crippen LogP) is 4.57. The number of carbonyl (C=O) groups excluding carboxylic acids is 2. The number of nitrogens with zero attached hydrogens (tertiary/aromatic N) is 1. The quantitative estimate of drug-likeness (QED) is 0.524. The lowest BCUT2D eigenvalue weighted by molar-refractivity contribution is -0.133. The van der Waals surface area contributed by atoms with E-state index in [0.717, 1.165) is 0 Å². The number of halogens is 1. The molecule has 2 rings (SSSR count). The molecule has 0 heterocycles. The van der Waals surface area contributed by atoms with E-state index >= 15 is 0 Å². The zero-order valence-electron chi connectivity index (χ0n) is 15.7. The SMILES string of the molecule is C=C/C=N\C(=C)NC(=O)C(C)(C)Oc1ccc(C(=O)c2ccc(Cl)cc2)cc1. The molecule has 1 N–H and O–H groups in total. The fourth-order valence-corrected chi connectivity index (χ4v) is 2.37. The Hall–Kier alpha value is -3.18. The second kappa shape index (κ2) is 9.15. The van der Waals surface area contributed by atoms with Gasteiger partial charge in [0.25, 0.3) is 5.91 Å². The van der Waals surface area contributed by atoms with E-state index in [1.54, 1.807) is 62.4 Å². The number of hydrogen-bond acceptors (Lipinski definition) is 4. The zero-order valence-corrected chi connectivity index (χ0v) is 16.5. The van der Waals surface area contributed by atoms with Crippen LogP contribution in [0.4, 0.5) is 0 Å². The van der Waals surface area contributed by atoms with Gasteiger partial charge < -0.3 is 10.1 Å². The van der Waals surface area contributed by atoms with E-state index in [4.69, 9.17) is 16.3 Å². The molecule has 6 heteroatoms.